The van der Waals surface area contributed by atoms with Gasteiger partial charge in [-0.1, -0.05) is 146 Å². The number of nitrogen functional groups attached to an aromatic ring is 3. The van der Waals surface area contributed by atoms with Crippen LogP contribution >= 0.6 is 0 Å². The maximum atomic E-state index is 11.2. The molecule has 4 aliphatic rings. The number of β-amino-alcohol motifs (C(OH)–C–C–N with tert-alkyl or cyclic N) is 1. The van der Waals surface area contributed by atoms with Crippen LogP contribution in [0.25, 0.3) is 117 Å². The fraction of sp³-hybridized carbons (Fsp3) is 0.281. The highest BCUT2D eigenvalue weighted by Gasteiger charge is 2.48. The maximum absolute atomic E-state index is 11.2. The summed E-state index contributed by atoms with van der Waals surface area (Å²) in [6.07, 6.45) is 19.8. The Morgan fingerprint density at radius 1 is 0.450 bits per heavy atom. The Morgan fingerprint density at radius 3 is 1.16 bits per heavy atom. The molecule has 22 nitrogen and oxygen atoms in total. The van der Waals surface area contributed by atoms with Crippen LogP contribution in [0.15, 0.2) is 219 Å². The van der Waals surface area contributed by atoms with Gasteiger partial charge in [0.05, 0.1) is 50.4 Å². The van der Waals surface area contributed by atoms with Crippen LogP contribution in [0.5, 0.6) is 0 Å². The van der Waals surface area contributed by atoms with Crippen molar-refractivity contribution in [3.05, 3.63) is 237 Å². The molecule has 10 N–H and O–H groups in total. The molecule has 1 amide bonds. The highest BCUT2D eigenvalue weighted by molar-refractivity contribution is 5.95. The molecular weight excluding hydrogens is 1390 g/mol. The Morgan fingerprint density at radius 2 is 0.802 bits per heavy atom. The summed E-state index contributed by atoms with van der Waals surface area (Å²) >= 11 is 0. The number of hydrogen-bond donors (Lipinski definition) is 7. The van der Waals surface area contributed by atoms with Gasteiger partial charge in [0.15, 0.2) is 0 Å². The molecule has 1 aliphatic heterocycles. The minimum atomic E-state index is -0.702. The zero-order chi connectivity index (χ0) is 76.1. The SMILES string of the molecule is CC(=O)NCCCCC1(O)CC(c2nc(-c3ccc4ccc(-c5ccccc5)nc4c3)c3c(N)nccn23)C1.CN(C)CC1(O)CC(c2nc(-c3ccc4ccc(-c5ccccc5)nc4c3)c3c(N)nccn23)C1.Nc1nccn2c(C3CC(O)(CN4CCCC4)C3)nc(-c3ccc4ccc(-c5ccccc5)nc4c3)c12. The predicted molar refractivity (Wildman–Crippen MR) is 438 cm³/mol. The Balaban J connectivity index is 0.000000121. The number of aliphatic hydroxyl groups is 3. The molecule has 3 saturated carbocycles. The average Bonchev–Trinajstić information content (AvgIpc) is 1.38. The van der Waals surface area contributed by atoms with Crippen LogP contribution in [0.1, 0.15) is 113 Å². The van der Waals surface area contributed by atoms with Gasteiger partial charge in [-0.05, 0) is 134 Å². The zero-order valence-electron chi connectivity index (χ0n) is 62.6. The van der Waals surface area contributed by atoms with E-state index < -0.39 is 16.8 Å². The Bertz CT molecular complexity index is 5940. The molecule has 4 fully saturated rings. The van der Waals surface area contributed by atoms with Gasteiger partial charge in [0.25, 0.3) is 0 Å². The van der Waals surface area contributed by atoms with Gasteiger partial charge < -0.3 is 47.6 Å². The molecule has 3 aliphatic carbocycles. The fourth-order valence-electron chi connectivity index (χ4n) is 17.2. The van der Waals surface area contributed by atoms with E-state index >= 15 is 0 Å². The smallest absolute Gasteiger partial charge is 0.216 e. The molecule has 0 unspecified atom stereocenters. The third kappa shape index (κ3) is 14.7. The number of benzene rings is 6. The Kier molecular flexibility index (Phi) is 19.3. The predicted octanol–water partition coefficient (Wildman–Crippen LogP) is 14.4. The van der Waals surface area contributed by atoms with Crippen LogP contribution in [0.4, 0.5) is 17.5 Å². The maximum Gasteiger partial charge on any atom is 0.216 e. The lowest BCUT2D eigenvalue weighted by atomic mass is 9.68. The number of nitrogens with two attached hydrogens (primary N) is 3. The molecule has 6 aromatic carbocycles. The van der Waals surface area contributed by atoms with E-state index in [0.717, 1.165) is 167 Å². The number of carbonyl (C=O) groups is 1. The molecule has 0 bridgehead atoms. The van der Waals surface area contributed by atoms with Crippen LogP contribution < -0.4 is 22.5 Å². The lowest BCUT2D eigenvalue weighted by molar-refractivity contribution is -0.119. The lowest BCUT2D eigenvalue weighted by Gasteiger charge is -2.45. The molecule has 1 saturated heterocycles. The summed E-state index contributed by atoms with van der Waals surface area (Å²) in [5, 5.41) is 39.1. The van der Waals surface area contributed by atoms with Crippen molar-refractivity contribution in [1.29, 1.82) is 0 Å². The second-order valence-corrected chi connectivity index (χ2v) is 31.1. The van der Waals surface area contributed by atoms with Gasteiger partial charge in [-0.15, -0.1) is 0 Å². The third-order valence-corrected chi connectivity index (χ3v) is 22.6. The number of unbranched alkanes of at least 4 members (excludes halogenated alkanes) is 1. The van der Waals surface area contributed by atoms with Gasteiger partial charge in [0.2, 0.25) is 5.91 Å². The number of anilines is 3. The van der Waals surface area contributed by atoms with Gasteiger partial charge in [-0.25, -0.2) is 44.9 Å². The summed E-state index contributed by atoms with van der Waals surface area (Å²) in [7, 11) is 3.97. The van der Waals surface area contributed by atoms with Crippen LogP contribution in [0.2, 0.25) is 0 Å². The van der Waals surface area contributed by atoms with Crippen LogP contribution in [-0.4, -0.2) is 153 Å². The van der Waals surface area contributed by atoms with E-state index in [1.54, 1.807) is 18.6 Å². The standard InChI is InChI=1S/C31H32N6O2.C30H30N6O.C28H28N6O/c1-20(38)33-14-6-5-13-31(39)18-24(19-31)30-36-27(28-29(32)34-15-16-37(28)30)23-10-9-22-11-12-25(35-26(22)17-23)21-7-3-2-4-8-21;31-28-27-26(22-9-8-21-10-11-24(33-25(21)16-22)20-6-2-1-3-7-20)34-29(36(27)15-12-32-28)23-17-30(37,18-23)19-35-13-4-5-14-35;1-33(2)17-28(35)15-21(16-28)27-32-24(25-26(29)30-12-13-34(25)27)20-9-8-19-10-11-22(31-23(19)14-20)18-6-4-3-5-7-18/h2-4,7-12,15-17,24,39H,5-6,13-14,18-19H2,1H3,(H2,32,34)(H,33,38);1-3,6-12,15-16,23,37H,4-5,13-14,17-19H2,(H2,31,32);3-14,21,35H,15-17H2,1-2H3,(H2,29,30). The normalized spacial score (nSPS) is 20.2. The molecule has 0 radical (unpaired) electrons. The van der Waals surface area contributed by atoms with E-state index in [9.17, 15) is 20.1 Å². The second-order valence-electron chi connectivity index (χ2n) is 31.1. The van der Waals surface area contributed by atoms with Crippen molar-refractivity contribution in [2.24, 2.45) is 0 Å². The van der Waals surface area contributed by atoms with Gasteiger partial charge in [0.1, 0.15) is 68.6 Å². The summed E-state index contributed by atoms with van der Waals surface area (Å²) in [6, 6.07) is 61.6. The number of carbonyl (C=O) groups excluding carboxylic acids is 1. The molecule has 111 heavy (non-hydrogen) atoms. The monoisotopic (exact) mass is 1470 g/mol. The number of imidazole rings is 3. The van der Waals surface area contributed by atoms with Crippen LogP contribution in [-0.2, 0) is 4.79 Å². The van der Waals surface area contributed by atoms with Gasteiger partial charge in [-0.2, -0.15) is 0 Å². The molecule has 10 heterocycles. The van der Waals surface area contributed by atoms with Crippen LogP contribution in [0, 0.1) is 0 Å². The quantitative estimate of drug-likeness (QED) is 0.0393. The molecule has 0 spiro atoms. The molecule has 22 heteroatoms. The first kappa shape index (κ1) is 72.0. The third-order valence-electron chi connectivity index (χ3n) is 22.6. The highest BCUT2D eigenvalue weighted by Crippen LogP contribution is 2.50. The average molecular weight is 1480 g/mol. The molecule has 9 aromatic heterocycles. The summed E-state index contributed by atoms with van der Waals surface area (Å²) in [5.41, 5.74) is 33.4. The minimum absolute atomic E-state index is 0.0213. The first-order valence-electron chi connectivity index (χ1n) is 38.4. The van der Waals surface area contributed by atoms with E-state index in [2.05, 4.69) is 151 Å². The molecule has 0 atom stereocenters. The number of amides is 1. The number of likely N-dealkylation sites (tertiary alicyclic amines) is 1. The van der Waals surface area contributed by atoms with E-state index in [-0.39, 0.29) is 23.7 Å². The van der Waals surface area contributed by atoms with Crippen molar-refractivity contribution >= 4 is 72.6 Å². The Hall–Kier alpha value is -11.9. The number of nitrogens with zero attached hydrogens (tertiary/aromatic N) is 14. The summed E-state index contributed by atoms with van der Waals surface area (Å²) in [4.78, 5) is 58.6. The number of hydrogen-bond acceptors (Lipinski definition) is 18. The zero-order valence-corrected chi connectivity index (χ0v) is 62.6. The van der Waals surface area contributed by atoms with Gasteiger partial charge >= 0.3 is 0 Å². The number of rotatable bonds is 18. The number of likely N-dealkylation sites (N-methyl/N-ethyl adjacent to an activating group) is 1. The highest BCUT2D eigenvalue weighted by atomic mass is 16.3. The summed E-state index contributed by atoms with van der Waals surface area (Å²) in [5.74, 6) is 4.50. The largest absolute Gasteiger partial charge is 0.390 e. The number of pyridine rings is 3. The van der Waals surface area contributed by atoms with E-state index in [1.165, 1.54) is 19.8 Å². The summed E-state index contributed by atoms with van der Waals surface area (Å²) in [6.45, 7) is 5.74. The number of nitrogens with one attached hydrogen (secondary N) is 1. The molecule has 19 rings (SSSR count). The molecular formula is C89H90N18O4. The van der Waals surface area contributed by atoms with E-state index in [1.807, 2.05) is 107 Å². The molecule has 560 valence electrons. The minimum Gasteiger partial charge on any atom is -0.390 e. The second kappa shape index (κ2) is 29.8. The van der Waals surface area contributed by atoms with Crippen molar-refractivity contribution in [2.75, 3.05) is 64.0 Å². The van der Waals surface area contributed by atoms with Crippen molar-refractivity contribution < 1.29 is 20.1 Å². The van der Waals surface area contributed by atoms with Crippen molar-refractivity contribution in [3.63, 3.8) is 0 Å². The van der Waals surface area contributed by atoms with Crippen molar-refractivity contribution in [1.82, 2.24) is 73.2 Å². The number of aromatic nitrogens is 12. The number of fused-ring (bicyclic) bond motifs is 6. The fourth-order valence-corrected chi connectivity index (χ4v) is 17.2. The van der Waals surface area contributed by atoms with Gasteiger partial charge in [0, 0.05) is 131 Å². The van der Waals surface area contributed by atoms with Gasteiger partial charge in [-0.3, -0.25) is 18.0 Å². The Labute approximate surface area is 642 Å². The first-order chi connectivity index (χ1) is 53.9. The first-order valence-corrected chi connectivity index (χ1v) is 38.4. The lowest BCUT2D eigenvalue weighted by Crippen LogP contribution is -2.51. The summed E-state index contributed by atoms with van der Waals surface area (Å²) < 4.78 is 6.13. The van der Waals surface area contributed by atoms with E-state index in [4.69, 9.17) is 47.1 Å². The van der Waals surface area contributed by atoms with Crippen LogP contribution in [0.3, 0.4) is 0 Å². The molecule has 15 aromatic rings. The van der Waals surface area contributed by atoms with E-state index in [0.29, 0.717) is 75.5 Å². The van der Waals surface area contributed by atoms with Crippen molar-refractivity contribution in [2.45, 2.75) is 112 Å². The van der Waals surface area contributed by atoms with Crippen molar-refractivity contribution in [3.8, 4) is 67.5 Å². The topological polar surface area (TPSA) is 304 Å².